The third kappa shape index (κ3) is 1.35. The fourth-order valence-electron chi connectivity index (χ4n) is 0.577. The van der Waals surface area contributed by atoms with Crippen LogP contribution in [0.2, 0.25) is 0 Å². The van der Waals surface area contributed by atoms with E-state index in [2.05, 4.69) is 0 Å². The van der Waals surface area contributed by atoms with E-state index in [-0.39, 0.29) is 5.71 Å². The monoisotopic (exact) mass is 143 g/mol. The van der Waals surface area contributed by atoms with Crippen molar-refractivity contribution >= 4 is 11.7 Å². The molecule has 0 saturated heterocycles. The Morgan fingerprint density at radius 1 is 1.70 bits per heavy atom. The molecule has 1 atom stereocenters. The van der Waals surface area contributed by atoms with Gasteiger partial charge in [0.05, 0.1) is 0 Å². The second kappa shape index (κ2) is 2.82. The van der Waals surface area contributed by atoms with Gasteiger partial charge in [0.2, 0.25) is 0 Å². The fourth-order valence-corrected chi connectivity index (χ4v) is 0.577. The average Bonchev–Trinajstić information content (AvgIpc) is 1.85. The number of carbonyl (C=O) groups is 1. The zero-order valence-corrected chi connectivity index (χ0v) is 6.56. The predicted molar refractivity (Wildman–Crippen MR) is 39.4 cm³/mol. The van der Waals surface area contributed by atoms with Gasteiger partial charge >= 0.3 is 5.97 Å². The van der Waals surface area contributed by atoms with E-state index < -0.39 is 11.4 Å². The Morgan fingerprint density at radius 3 is 2.10 bits per heavy atom. The molecule has 0 bridgehead atoms. The second-order valence-corrected chi connectivity index (χ2v) is 2.62. The summed E-state index contributed by atoms with van der Waals surface area (Å²) >= 11 is 0. The van der Waals surface area contributed by atoms with Crippen molar-refractivity contribution in [3.63, 3.8) is 0 Å². The maximum absolute atomic E-state index is 10.6. The van der Waals surface area contributed by atoms with Gasteiger partial charge < -0.3 is 10.5 Å². The standard InChI is InChI=1S/C7H13NO2/c1-4-7(3,5(2)8)6(9)10/h8H,4H2,1-3H3,(H,9,10)/t7-/m0/s1. The molecule has 10 heavy (non-hydrogen) atoms. The maximum atomic E-state index is 10.6. The Kier molecular flexibility index (Phi) is 2.57. The van der Waals surface area contributed by atoms with E-state index in [4.69, 9.17) is 10.5 Å². The van der Waals surface area contributed by atoms with Crippen LogP contribution in [0.4, 0.5) is 0 Å². The number of nitrogens with one attached hydrogen (secondary N) is 1. The van der Waals surface area contributed by atoms with Crippen LogP contribution < -0.4 is 0 Å². The second-order valence-electron chi connectivity index (χ2n) is 2.62. The third-order valence-electron chi connectivity index (χ3n) is 2.01. The summed E-state index contributed by atoms with van der Waals surface area (Å²) in [6, 6.07) is 0. The molecule has 0 aliphatic heterocycles. The van der Waals surface area contributed by atoms with Crippen LogP contribution in [0.1, 0.15) is 27.2 Å². The van der Waals surface area contributed by atoms with Gasteiger partial charge in [0.25, 0.3) is 0 Å². The van der Waals surface area contributed by atoms with Crippen LogP contribution in [0.3, 0.4) is 0 Å². The highest BCUT2D eigenvalue weighted by molar-refractivity contribution is 6.02. The molecule has 2 N–H and O–H groups in total. The van der Waals surface area contributed by atoms with Crippen LogP contribution in [-0.4, -0.2) is 16.8 Å². The van der Waals surface area contributed by atoms with Crippen molar-refractivity contribution < 1.29 is 9.90 Å². The summed E-state index contributed by atoms with van der Waals surface area (Å²) < 4.78 is 0. The van der Waals surface area contributed by atoms with E-state index in [1.807, 2.05) is 0 Å². The smallest absolute Gasteiger partial charge is 0.315 e. The van der Waals surface area contributed by atoms with Gasteiger partial charge in [-0.3, -0.25) is 4.79 Å². The lowest BCUT2D eigenvalue weighted by Crippen LogP contribution is -2.33. The zero-order chi connectivity index (χ0) is 8.36. The minimum atomic E-state index is -0.958. The van der Waals surface area contributed by atoms with Gasteiger partial charge in [-0.25, -0.2) is 0 Å². The molecule has 0 aromatic heterocycles. The summed E-state index contributed by atoms with van der Waals surface area (Å²) in [5.74, 6) is -0.914. The van der Waals surface area contributed by atoms with Crippen molar-refractivity contribution in [2.75, 3.05) is 0 Å². The minimum absolute atomic E-state index is 0.211. The average molecular weight is 143 g/mol. The van der Waals surface area contributed by atoms with Crippen LogP contribution in [0.25, 0.3) is 0 Å². The first-order valence-electron chi connectivity index (χ1n) is 3.24. The lowest BCUT2D eigenvalue weighted by molar-refractivity contribution is -0.144. The molecule has 3 heteroatoms. The van der Waals surface area contributed by atoms with Crippen LogP contribution in [0.5, 0.6) is 0 Å². The molecule has 0 aromatic rings. The quantitative estimate of drug-likeness (QED) is 0.588. The molecule has 0 amide bonds. The van der Waals surface area contributed by atoms with E-state index in [1.54, 1.807) is 13.8 Å². The minimum Gasteiger partial charge on any atom is -0.481 e. The van der Waals surface area contributed by atoms with E-state index in [1.165, 1.54) is 6.92 Å². The first kappa shape index (κ1) is 9.14. The lowest BCUT2D eigenvalue weighted by atomic mass is 9.83. The van der Waals surface area contributed by atoms with Crippen LogP contribution in [0.15, 0.2) is 0 Å². The van der Waals surface area contributed by atoms with Gasteiger partial charge in [-0.15, -0.1) is 0 Å². The Bertz CT molecular complexity index is 149. The first-order valence-corrected chi connectivity index (χ1v) is 3.24. The zero-order valence-electron chi connectivity index (χ0n) is 6.56. The molecule has 3 nitrogen and oxygen atoms in total. The summed E-state index contributed by atoms with van der Waals surface area (Å²) in [6.45, 7) is 4.86. The highest BCUT2D eigenvalue weighted by Gasteiger charge is 2.33. The highest BCUT2D eigenvalue weighted by atomic mass is 16.4. The lowest BCUT2D eigenvalue weighted by Gasteiger charge is -2.20. The Balaban J connectivity index is 4.55. The molecule has 0 aliphatic carbocycles. The molecule has 0 aromatic carbocycles. The molecule has 0 saturated carbocycles. The topological polar surface area (TPSA) is 61.2 Å². The summed E-state index contributed by atoms with van der Waals surface area (Å²) in [6.07, 6.45) is 0.470. The van der Waals surface area contributed by atoms with Crippen LogP contribution in [-0.2, 0) is 4.79 Å². The largest absolute Gasteiger partial charge is 0.481 e. The Labute approximate surface area is 60.6 Å². The normalized spacial score (nSPS) is 15.9. The fraction of sp³-hybridized carbons (Fsp3) is 0.714. The first-order chi connectivity index (χ1) is 4.45. The third-order valence-corrected chi connectivity index (χ3v) is 2.01. The van der Waals surface area contributed by atoms with Gasteiger partial charge in [0.15, 0.2) is 0 Å². The van der Waals surface area contributed by atoms with Gasteiger partial charge in [-0.2, -0.15) is 0 Å². The number of carboxylic acids is 1. The van der Waals surface area contributed by atoms with Crippen LogP contribution in [0, 0.1) is 10.8 Å². The Morgan fingerprint density at radius 2 is 2.10 bits per heavy atom. The Hall–Kier alpha value is -0.860. The van der Waals surface area contributed by atoms with E-state index in [9.17, 15) is 4.79 Å². The van der Waals surface area contributed by atoms with Gasteiger partial charge in [-0.1, -0.05) is 6.92 Å². The van der Waals surface area contributed by atoms with E-state index in [0.29, 0.717) is 6.42 Å². The van der Waals surface area contributed by atoms with Crippen molar-refractivity contribution in [1.29, 1.82) is 5.41 Å². The molecule has 0 aliphatic rings. The summed E-state index contributed by atoms with van der Waals surface area (Å²) in [4.78, 5) is 10.6. The number of hydrogen-bond acceptors (Lipinski definition) is 2. The maximum Gasteiger partial charge on any atom is 0.315 e. The summed E-state index contributed by atoms with van der Waals surface area (Å²) in [5.41, 5.74) is -0.748. The molecule has 0 heterocycles. The molecular formula is C7H13NO2. The summed E-state index contributed by atoms with van der Waals surface area (Å²) in [7, 11) is 0. The number of aliphatic carboxylic acids is 1. The van der Waals surface area contributed by atoms with Crippen molar-refractivity contribution in [1.82, 2.24) is 0 Å². The van der Waals surface area contributed by atoms with Crippen molar-refractivity contribution in [3.8, 4) is 0 Å². The summed E-state index contributed by atoms with van der Waals surface area (Å²) in [5, 5.41) is 15.9. The molecule has 0 rings (SSSR count). The number of hydrogen-bond donors (Lipinski definition) is 2. The SMILES string of the molecule is CC[C@@](C)(C(C)=N)C(=O)O. The van der Waals surface area contributed by atoms with Crippen molar-refractivity contribution in [2.45, 2.75) is 27.2 Å². The van der Waals surface area contributed by atoms with Gasteiger partial charge in [0, 0.05) is 5.71 Å². The van der Waals surface area contributed by atoms with E-state index in [0.717, 1.165) is 0 Å². The number of carboxylic acid groups (broad SMARTS) is 1. The van der Waals surface area contributed by atoms with Crippen LogP contribution >= 0.6 is 0 Å². The van der Waals surface area contributed by atoms with Gasteiger partial charge in [0.1, 0.15) is 5.41 Å². The van der Waals surface area contributed by atoms with Crippen molar-refractivity contribution in [2.24, 2.45) is 5.41 Å². The molecule has 0 unspecified atom stereocenters. The molecule has 0 spiro atoms. The highest BCUT2D eigenvalue weighted by Crippen LogP contribution is 2.22. The molecular weight excluding hydrogens is 130 g/mol. The van der Waals surface area contributed by atoms with E-state index >= 15 is 0 Å². The van der Waals surface area contributed by atoms with Crippen molar-refractivity contribution in [3.05, 3.63) is 0 Å². The molecule has 0 fully saturated rings. The molecule has 0 radical (unpaired) electrons. The molecule has 58 valence electrons. The number of rotatable bonds is 3. The predicted octanol–water partition coefficient (Wildman–Crippen LogP) is 1.53. The van der Waals surface area contributed by atoms with Gasteiger partial charge in [-0.05, 0) is 20.3 Å².